The third-order valence-corrected chi connectivity index (χ3v) is 5.23. The van der Waals surface area contributed by atoms with Gasteiger partial charge in [0.15, 0.2) is 0 Å². The lowest BCUT2D eigenvalue weighted by molar-refractivity contribution is 0.0398. The van der Waals surface area contributed by atoms with Crippen molar-refractivity contribution >= 4 is 17.3 Å². The van der Waals surface area contributed by atoms with Crippen LogP contribution >= 0.6 is 11.3 Å². The van der Waals surface area contributed by atoms with Crippen LogP contribution in [-0.2, 0) is 4.74 Å². The molecular weight excluding hydrogens is 346 g/mol. The number of nitrogens with zero attached hydrogens (tertiary/aromatic N) is 4. The second kappa shape index (κ2) is 8.35. The predicted octanol–water partition coefficient (Wildman–Crippen LogP) is 3.01. The van der Waals surface area contributed by atoms with Crippen LogP contribution in [0.2, 0.25) is 0 Å². The highest BCUT2D eigenvalue weighted by Gasteiger charge is 2.13. The summed E-state index contributed by atoms with van der Waals surface area (Å²) >= 11 is 1.68. The van der Waals surface area contributed by atoms with Crippen molar-refractivity contribution in [3.8, 4) is 21.7 Å². The van der Waals surface area contributed by atoms with E-state index in [2.05, 4.69) is 31.6 Å². The van der Waals surface area contributed by atoms with E-state index in [1.165, 1.54) is 0 Å². The molecule has 3 aromatic heterocycles. The largest absolute Gasteiger partial charge is 0.379 e. The van der Waals surface area contributed by atoms with Crippen LogP contribution in [-0.4, -0.2) is 59.2 Å². The molecule has 1 saturated heterocycles. The number of pyridine rings is 1. The lowest BCUT2D eigenvalue weighted by Crippen LogP contribution is -2.39. The van der Waals surface area contributed by atoms with Gasteiger partial charge in [-0.2, -0.15) is 0 Å². The normalized spacial score (nSPS) is 15.1. The maximum atomic E-state index is 5.39. The van der Waals surface area contributed by atoms with Crippen molar-refractivity contribution in [1.29, 1.82) is 0 Å². The molecule has 7 heteroatoms. The molecule has 1 aliphatic rings. The van der Waals surface area contributed by atoms with Crippen molar-refractivity contribution < 1.29 is 4.74 Å². The molecule has 0 aliphatic carbocycles. The molecule has 1 fully saturated rings. The molecule has 134 valence electrons. The highest BCUT2D eigenvalue weighted by molar-refractivity contribution is 7.13. The molecule has 4 rings (SSSR count). The Morgan fingerprint density at radius 2 is 2.00 bits per heavy atom. The van der Waals surface area contributed by atoms with E-state index < -0.39 is 0 Å². The molecule has 0 spiro atoms. The smallest absolute Gasteiger partial charge is 0.223 e. The average molecular weight is 367 g/mol. The van der Waals surface area contributed by atoms with Gasteiger partial charge in [0.25, 0.3) is 0 Å². The van der Waals surface area contributed by atoms with Crippen LogP contribution in [0.1, 0.15) is 0 Å². The van der Waals surface area contributed by atoms with E-state index in [4.69, 9.17) is 9.72 Å². The molecule has 3 aromatic rings. The minimum Gasteiger partial charge on any atom is -0.379 e. The van der Waals surface area contributed by atoms with Crippen LogP contribution in [0.25, 0.3) is 21.7 Å². The standard InChI is InChI=1S/C19H21N5OS/c1-2-17(26-13-1)18-16(15-3-5-20-6-4-15)14-22-19(23-18)21-7-8-24-9-11-25-12-10-24/h1-6,13-14H,7-12H2,(H,21,22,23). The Bertz CT molecular complexity index is 819. The third-order valence-electron chi connectivity index (χ3n) is 4.35. The van der Waals surface area contributed by atoms with Crippen LogP contribution in [0.3, 0.4) is 0 Å². The zero-order valence-corrected chi connectivity index (χ0v) is 15.3. The Balaban J connectivity index is 1.52. The summed E-state index contributed by atoms with van der Waals surface area (Å²) in [5, 5.41) is 5.43. The molecule has 0 unspecified atom stereocenters. The van der Waals surface area contributed by atoms with Crippen molar-refractivity contribution in [3.63, 3.8) is 0 Å². The van der Waals surface area contributed by atoms with Gasteiger partial charge in [-0.1, -0.05) is 6.07 Å². The van der Waals surface area contributed by atoms with Gasteiger partial charge < -0.3 is 10.1 Å². The molecule has 6 nitrogen and oxygen atoms in total. The van der Waals surface area contributed by atoms with E-state index >= 15 is 0 Å². The summed E-state index contributed by atoms with van der Waals surface area (Å²) in [4.78, 5) is 17.0. The molecule has 1 aliphatic heterocycles. The molecule has 0 bridgehead atoms. The summed E-state index contributed by atoms with van der Waals surface area (Å²) in [6.45, 7) is 5.40. The van der Waals surface area contributed by atoms with Gasteiger partial charge in [0.05, 0.1) is 23.8 Å². The highest BCUT2D eigenvalue weighted by atomic mass is 32.1. The Hall–Kier alpha value is -2.35. The van der Waals surface area contributed by atoms with Gasteiger partial charge >= 0.3 is 0 Å². The van der Waals surface area contributed by atoms with Gasteiger partial charge in [-0.25, -0.2) is 9.97 Å². The number of hydrogen-bond donors (Lipinski definition) is 1. The van der Waals surface area contributed by atoms with Crippen molar-refractivity contribution in [1.82, 2.24) is 19.9 Å². The predicted molar refractivity (Wildman–Crippen MR) is 104 cm³/mol. The molecule has 1 N–H and O–H groups in total. The van der Waals surface area contributed by atoms with Crippen molar-refractivity contribution in [3.05, 3.63) is 48.2 Å². The summed E-state index contributed by atoms with van der Waals surface area (Å²) in [5.74, 6) is 0.666. The molecule has 26 heavy (non-hydrogen) atoms. The number of ether oxygens (including phenoxy) is 1. The van der Waals surface area contributed by atoms with Crippen LogP contribution in [0.15, 0.2) is 48.2 Å². The van der Waals surface area contributed by atoms with E-state index in [0.717, 1.165) is 61.1 Å². The number of hydrogen-bond acceptors (Lipinski definition) is 7. The van der Waals surface area contributed by atoms with E-state index in [1.807, 2.05) is 24.4 Å². The Labute approximate surface area is 156 Å². The zero-order valence-electron chi connectivity index (χ0n) is 14.5. The summed E-state index contributed by atoms with van der Waals surface area (Å²) in [5.41, 5.74) is 3.05. The maximum Gasteiger partial charge on any atom is 0.223 e. The second-order valence-electron chi connectivity index (χ2n) is 6.05. The van der Waals surface area contributed by atoms with Gasteiger partial charge in [-0.3, -0.25) is 9.88 Å². The highest BCUT2D eigenvalue weighted by Crippen LogP contribution is 2.33. The maximum absolute atomic E-state index is 5.39. The lowest BCUT2D eigenvalue weighted by atomic mass is 10.1. The first-order chi connectivity index (χ1) is 12.9. The molecular formula is C19H21N5OS. The van der Waals surface area contributed by atoms with Crippen molar-refractivity contribution in [2.45, 2.75) is 0 Å². The minimum atomic E-state index is 0.666. The number of rotatable bonds is 6. The van der Waals surface area contributed by atoms with E-state index in [1.54, 1.807) is 23.7 Å². The quantitative estimate of drug-likeness (QED) is 0.723. The number of nitrogens with one attached hydrogen (secondary N) is 1. The molecule has 4 heterocycles. The lowest BCUT2D eigenvalue weighted by Gasteiger charge is -2.26. The summed E-state index contributed by atoms with van der Waals surface area (Å²) < 4.78 is 5.39. The van der Waals surface area contributed by atoms with Crippen molar-refractivity contribution in [2.75, 3.05) is 44.7 Å². The second-order valence-corrected chi connectivity index (χ2v) is 7.00. The third kappa shape index (κ3) is 4.07. The molecule has 0 radical (unpaired) electrons. The van der Waals surface area contributed by atoms with Gasteiger partial charge in [0.1, 0.15) is 0 Å². The Morgan fingerprint density at radius 3 is 2.77 bits per heavy atom. The van der Waals surface area contributed by atoms with Crippen LogP contribution in [0.4, 0.5) is 5.95 Å². The number of thiophene rings is 1. The number of anilines is 1. The topological polar surface area (TPSA) is 63.2 Å². The monoisotopic (exact) mass is 367 g/mol. The summed E-state index contributed by atoms with van der Waals surface area (Å²) in [6, 6.07) is 8.11. The zero-order chi connectivity index (χ0) is 17.6. The van der Waals surface area contributed by atoms with E-state index in [-0.39, 0.29) is 0 Å². The molecule has 0 aromatic carbocycles. The SMILES string of the molecule is c1csc(-c2nc(NCCN3CCOCC3)ncc2-c2ccncc2)c1. The Morgan fingerprint density at radius 1 is 1.15 bits per heavy atom. The first-order valence-corrected chi connectivity index (χ1v) is 9.63. The first-order valence-electron chi connectivity index (χ1n) is 8.75. The van der Waals surface area contributed by atoms with Gasteiger partial charge in [0, 0.05) is 50.3 Å². The van der Waals surface area contributed by atoms with Gasteiger partial charge in [-0.05, 0) is 29.1 Å². The van der Waals surface area contributed by atoms with Crippen LogP contribution < -0.4 is 5.32 Å². The average Bonchev–Trinajstić information content (AvgIpc) is 3.24. The summed E-state index contributed by atoms with van der Waals surface area (Å²) in [7, 11) is 0. The van der Waals surface area contributed by atoms with Crippen LogP contribution in [0.5, 0.6) is 0 Å². The fourth-order valence-electron chi connectivity index (χ4n) is 2.96. The molecule has 0 saturated carbocycles. The molecule has 0 atom stereocenters. The number of aromatic nitrogens is 3. The van der Waals surface area contributed by atoms with E-state index in [9.17, 15) is 0 Å². The van der Waals surface area contributed by atoms with Crippen molar-refractivity contribution in [2.24, 2.45) is 0 Å². The first kappa shape index (κ1) is 17.1. The van der Waals surface area contributed by atoms with Gasteiger partial charge in [0.2, 0.25) is 5.95 Å². The number of morpholine rings is 1. The fraction of sp³-hybridized carbons (Fsp3) is 0.316. The van der Waals surface area contributed by atoms with E-state index in [0.29, 0.717) is 5.95 Å². The Kier molecular flexibility index (Phi) is 5.49. The summed E-state index contributed by atoms with van der Waals surface area (Å²) in [6.07, 6.45) is 5.48. The fourth-order valence-corrected chi connectivity index (χ4v) is 3.69. The van der Waals surface area contributed by atoms with Crippen LogP contribution in [0, 0.1) is 0 Å². The van der Waals surface area contributed by atoms with Gasteiger partial charge in [-0.15, -0.1) is 11.3 Å². The molecule has 0 amide bonds. The minimum absolute atomic E-state index is 0.666.